The summed E-state index contributed by atoms with van der Waals surface area (Å²) in [5, 5.41) is 3.86. The van der Waals surface area contributed by atoms with Crippen molar-refractivity contribution in [1.82, 2.24) is 30.0 Å². The molecular formula is C44H51N7O6. The first-order chi connectivity index (χ1) is 27.8. The van der Waals surface area contributed by atoms with Gasteiger partial charge in [-0.25, -0.2) is 0 Å². The number of H-pyrrole nitrogens is 1. The molecule has 3 saturated heterocycles. The zero-order valence-corrected chi connectivity index (χ0v) is 32.9. The van der Waals surface area contributed by atoms with Crippen molar-refractivity contribution in [3.8, 4) is 22.6 Å². The van der Waals surface area contributed by atoms with Crippen molar-refractivity contribution in [2.45, 2.75) is 70.0 Å². The van der Waals surface area contributed by atoms with Crippen LogP contribution in [0.15, 0.2) is 53.6 Å². The van der Waals surface area contributed by atoms with Crippen molar-refractivity contribution in [1.29, 1.82) is 0 Å². The molecule has 4 fully saturated rings. The molecule has 5 aliphatic rings. The van der Waals surface area contributed by atoms with E-state index in [2.05, 4.69) is 54.2 Å². The number of imide groups is 1. The van der Waals surface area contributed by atoms with Crippen LogP contribution in [0.5, 0.6) is 11.5 Å². The van der Waals surface area contributed by atoms with E-state index >= 15 is 0 Å². The minimum Gasteiger partial charge on any atom is -0.496 e. The van der Waals surface area contributed by atoms with Crippen LogP contribution < -0.4 is 25.2 Å². The molecule has 13 heteroatoms. The molecule has 2 aromatic carbocycles. The van der Waals surface area contributed by atoms with Gasteiger partial charge in [0.2, 0.25) is 11.8 Å². The number of amides is 3. The Morgan fingerprint density at radius 2 is 1.56 bits per heavy atom. The average molecular weight is 774 g/mol. The molecule has 0 spiro atoms. The van der Waals surface area contributed by atoms with Gasteiger partial charge < -0.3 is 24.3 Å². The maximum atomic E-state index is 13.4. The van der Waals surface area contributed by atoms with Crippen molar-refractivity contribution in [2.75, 3.05) is 64.9 Å². The third-order valence-electron chi connectivity index (χ3n) is 12.9. The quantitative estimate of drug-likeness (QED) is 0.207. The predicted octanol–water partition coefficient (Wildman–Crippen LogP) is 4.67. The Kier molecular flexibility index (Phi) is 10.2. The summed E-state index contributed by atoms with van der Waals surface area (Å²) in [6.07, 6.45) is 9.91. The molecule has 2 N–H and O–H groups in total. The van der Waals surface area contributed by atoms with Gasteiger partial charge in [0.1, 0.15) is 17.5 Å². The number of aromatic amines is 1. The number of carbonyl (C=O) groups excluding carboxylic acids is 3. The number of benzene rings is 2. The molecular weight excluding hydrogens is 723 g/mol. The van der Waals surface area contributed by atoms with Crippen molar-refractivity contribution in [3.63, 3.8) is 0 Å². The Labute approximate surface area is 332 Å². The van der Waals surface area contributed by atoms with Gasteiger partial charge in [-0.05, 0) is 111 Å². The van der Waals surface area contributed by atoms with E-state index in [1.54, 1.807) is 31.5 Å². The summed E-state index contributed by atoms with van der Waals surface area (Å²) < 4.78 is 12.0. The molecule has 1 aliphatic carbocycles. The lowest BCUT2D eigenvalue weighted by Crippen LogP contribution is -2.52. The molecule has 9 rings (SSSR count). The zero-order valence-electron chi connectivity index (χ0n) is 32.9. The van der Waals surface area contributed by atoms with Gasteiger partial charge in [-0.15, -0.1) is 0 Å². The second kappa shape index (κ2) is 15.6. The predicted molar refractivity (Wildman–Crippen MR) is 217 cm³/mol. The highest BCUT2D eigenvalue weighted by Crippen LogP contribution is 2.42. The standard InChI is InChI=1S/C44H51N7O6/c1-56-39-19-30(34-23-46-42(53)35-24-45-37(22-33(34)35)28-3-4-28)20-40(57-2)36(39)26-49-13-10-27(11-14-49)9-12-48-15-17-50(18-16-48)31-6-5-29-25-51(44(55)32(29)21-31)38-7-8-41(52)47-43(38)54/h5-6,19-24,27-28,38H,3-4,7-18,25-26H2,1-2H3,(H,46,53)(H,47,52,54). The Balaban J connectivity index is 0.772. The van der Waals surface area contributed by atoms with Crippen LogP contribution in [0.25, 0.3) is 21.9 Å². The highest BCUT2D eigenvalue weighted by Gasteiger charge is 2.39. The average Bonchev–Trinajstić information content (AvgIpc) is 4.04. The highest BCUT2D eigenvalue weighted by molar-refractivity contribution is 6.05. The molecule has 13 nitrogen and oxygen atoms in total. The second-order valence-corrected chi connectivity index (χ2v) is 16.4. The summed E-state index contributed by atoms with van der Waals surface area (Å²) in [7, 11) is 3.42. The van der Waals surface area contributed by atoms with Crippen LogP contribution in [0.2, 0.25) is 0 Å². The second-order valence-electron chi connectivity index (χ2n) is 16.4. The van der Waals surface area contributed by atoms with Crippen molar-refractivity contribution in [2.24, 2.45) is 5.92 Å². The van der Waals surface area contributed by atoms with Gasteiger partial charge >= 0.3 is 0 Å². The lowest BCUT2D eigenvalue weighted by Gasteiger charge is -2.38. The summed E-state index contributed by atoms with van der Waals surface area (Å²) in [6.45, 7) is 8.04. The van der Waals surface area contributed by atoms with E-state index in [4.69, 9.17) is 9.47 Å². The van der Waals surface area contributed by atoms with Crippen LogP contribution in [-0.4, -0.2) is 108 Å². The van der Waals surface area contributed by atoms with Crippen molar-refractivity contribution in [3.05, 3.63) is 81.5 Å². The number of likely N-dealkylation sites (tertiary alicyclic amines) is 1. The van der Waals surface area contributed by atoms with Crippen LogP contribution in [-0.2, 0) is 22.7 Å². The highest BCUT2D eigenvalue weighted by atomic mass is 16.5. The fraction of sp³-hybridized carbons (Fsp3) is 0.477. The van der Waals surface area contributed by atoms with E-state index in [1.165, 1.54) is 6.42 Å². The number of rotatable bonds is 11. The molecule has 298 valence electrons. The summed E-state index contributed by atoms with van der Waals surface area (Å²) in [5.41, 5.74) is 6.45. The number of carbonyl (C=O) groups is 3. The van der Waals surface area contributed by atoms with Crippen LogP contribution in [0, 0.1) is 5.92 Å². The number of nitrogens with zero attached hydrogens (tertiary/aromatic N) is 5. The molecule has 1 saturated carbocycles. The van der Waals surface area contributed by atoms with E-state index < -0.39 is 6.04 Å². The number of hydrogen-bond acceptors (Lipinski definition) is 10. The number of anilines is 1. The van der Waals surface area contributed by atoms with Crippen LogP contribution in [0.3, 0.4) is 0 Å². The first-order valence-electron chi connectivity index (χ1n) is 20.5. The van der Waals surface area contributed by atoms with Gasteiger partial charge in [0.25, 0.3) is 11.5 Å². The number of piperazine rings is 1. The minimum absolute atomic E-state index is 0.126. The molecule has 6 heterocycles. The van der Waals surface area contributed by atoms with Gasteiger partial charge in [-0.3, -0.25) is 39.3 Å². The Hall–Kier alpha value is -5.27. The third kappa shape index (κ3) is 7.50. The first-order valence-corrected chi connectivity index (χ1v) is 20.5. The van der Waals surface area contributed by atoms with Gasteiger partial charge in [-0.2, -0.15) is 0 Å². The number of methoxy groups -OCH3 is 2. The van der Waals surface area contributed by atoms with Gasteiger partial charge in [0.15, 0.2) is 0 Å². The number of aromatic nitrogens is 2. The number of hydrogen-bond donors (Lipinski definition) is 2. The molecule has 4 aromatic rings. The Morgan fingerprint density at radius 1 is 0.807 bits per heavy atom. The summed E-state index contributed by atoms with van der Waals surface area (Å²) in [5.74, 6) is 1.95. The van der Waals surface area contributed by atoms with E-state index in [1.807, 2.05) is 12.1 Å². The maximum Gasteiger partial charge on any atom is 0.257 e. The third-order valence-corrected chi connectivity index (χ3v) is 12.9. The van der Waals surface area contributed by atoms with Crippen molar-refractivity contribution < 1.29 is 23.9 Å². The Morgan fingerprint density at radius 3 is 2.26 bits per heavy atom. The molecule has 2 aromatic heterocycles. The molecule has 3 amide bonds. The number of ether oxygens (including phenoxy) is 2. The molecule has 0 bridgehead atoms. The minimum atomic E-state index is -0.595. The van der Waals surface area contributed by atoms with Gasteiger partial charge in [0, 0.05) is 86.5 Å². The lowest BCUT2D eigenvalue weighted by molar-refractivity contribution is -0.136. The lowest BCUT2D eigenvalue weighted by atomic mass is 9.92. The molecule has 4 aliphatic heterocycles. The van der Waals surface area contributed by atoms with E-state index in [-0.39, 0.29) is 29.7 Å². The monoisotopic (exact) mass is 773 g/mol. The number of nitrogens with one attached hydrogen (secondary N) is 2. The molecule has 1 unspecified atom stereocenters. The summed E-state index contributed by atoms with van der Waals surface area (Å²) in [4.78, 5) is 66.7. The van der Waals surface area contributed by atoms with E-state index in [9.17, 15) is 19.2 Å². The molecule has 0 radical (unpaired) electrons. The van der Waals surface area contributed by atoms with E-state index in [0.29, 0.717) is 35.8 Å². The summed E-state index contributed by atoms with van der Waals surface area (Å²) in [6, 6.07) is 11.7. The summed E-state index contributed by atoms with van der Waals surface area (Å²) >= 11 is 0. The van der Waals surface area contributed by atoms with Crippen molar-refractivity contribution >= 4 is 34.2 Å². The van der Waals surface area contributed by atoms with Crippen LogP contribution >= 0.6 is 0 Å². The fourth-order valence-corrected chi connectivity index (χ4v) is 9.30. The fourth-order valence-electron chi connectivity index (χ4n) is 9.30. The van der Waals surface area contributed by atoms with Gasteiger partial charge in [-0.1, -0.05) is 6.07 Å². The zero-order chi connectivity index (χ0) is 39.2. The molecule has 57 heavy (non-hydrogen) atoms. The Bertz CT molecular complexity index is 2250. The van der Waals surface area contributed by atoms with Gasteiger partial charge in [0.05, 0.1) is 25.2 Å². The topological polar surface area (TPSA) is 140 Å². The van der Waals surface area contributed by atoms with Crippen LogP contribution in [0.1, 0.15) is 78.0 Å². The smallest absolute Gasteiger partial charge is 0.257 e. The number of pyridine rings is 2. The number of piperidine rings is 2. The van der Waals surface area contributed by atoms with E-state index in [0.717, 1.165) is 129 Å². The number of fused-ring (bicyclic) bond motifs is 2. The normalized spacial score (nSPS) is 20.9. The first kappa shape index (κ1) is 37.3. The maximum absolute atomic E-state index is 13.4. The molecule has 1 atom stereocenters. The van der Waals surface area contributed by atoms with Crippen LogP contribution in [0.4, 0.5) is 5.69 Å². The SMILES string of the molecule is COc1cc(-c2c[nH]c(=O)c3cnc(C4CC4)cc23)cc(OC)c1CN1CCC(CCN2CCN(c3ccc4c(c3)C(=O)N(C3CCC(=O)NC3=O)C4)CC2)CC1. The largest absolute Gasteiger partial charge is 0.496 e.